The molecule has 4 heteroatoms. The van der Waals surface area contributed by atoms with Crippen LogP contribution in [0.4, 0.5) is 4.39 Å². The maximum atomic E-state index is 13.2. The standard InChI is InChI=1S/C8H3ClFIS/c9-7-6-4(10)2-1-3-5(6)12-8(7)11/h1-3H. The lowest BCUT2D eigenvalue weighted by Gasteiger charge is -1.90. The highest BCUT2D eigenvalue weighted by molar-refractivity contribution is 14.1. The third kappa shape index (κ3) is 1.24. The van der Waals surface area contributed by atoms with Gasteiger partial charge in [0.15, 0.2) is 0 Å². The summed E-state index contributed by atoms with van der Waals surface area (Å²) in [5.74, 6) is -0.239. The molecule has 0 saturated carbocycles. The fourth-order valence-electron chi connectivity index (χ4n) is 1.04. The zero-order valence-electron chi connectivity index (χ0n) is 5.77. The van der Waals surface area contributed by atoms with E-state index >= 15 is 0 Å². The lowest BCUT2D eigenvalue weighted by Crippen LogP contribution is -1.73. The van der Waals surface area contributed by atoms with Gasteiger partial charge < -0.3 is 0 Å². The first kappa shape index (κ1) is 8.72. The van der Waals surface area contributed by atoms with Crippen LogP contribution in [-0.4, -0.2) is 0 Å². The van der Waals surface area contributed by atoms with Crippen molar-refractivity contribution in [1.29, 1.82) is 0 Å². The molecule has 0 nitrogen and oxygen atoms in total. The minimum absolute atomic E-state index is 0.239. The largest absolute Gasteiger partial charge is 0.206 e. The van der Waals surface area contributed by atoms with E-state index in [0.29, 0.717) is 10.4 Å². The van der Waals surface area contributed by atoms with E-state index in [1.54, 1.807) is 6.07 Å². The molecule has 0 unspecified atom stereocenters. The lowest BCUT2D eigenvalue weighted by molar-refractivity contribution is 0.640. The second-order valence-corrected chi connectivity index (χ2v) is 5.54. The molecule has 0 fully saturated rings. The van der Waals surface area contributed by atoms with E-state index in [1.165, 1.54) is 17.4 Å². The molecule has 0 atom stereocenters. The Morgan fingerprint density at radius 1 is 1.42 bits per heavy atom. The van der Waals surface area contributed by atoms with Gasteiger partial charge >= 0.3 is 0 Å². The van der Waals surface area contributed by atoms with Crippen LogP contribution in [-0.2, 0) is 0 Å². The third-order valence-corrected chi connectivity index (χ3v) is 4.52. The SMILES string of the molecule is Fc1cccc2sc(I)c(Cl)c12. The zero-order chi connectivity index (χ0) is 8.72. The van der Waals surface area contributed by atoms with Crippen molar-refractivity contribution < 1.29 is 4.39 Å². The molecule has 0 saturated heterocycles. The normalized spacial score (nSPS) is 10.9. The van der Waals surface area contributed by atoms with Crippen molar-refractivity contribution >= 4 is 55.6 Å². The minimum Gasteiger partial charge on any atom is -0.206 e. The maximum absolute atomic E-state index is 13.2. The van der Waals surface area contributed by atoms with Gasteiger partial charge in [0, 0.05) is 10.1 Å². The first-order valence-electron chi connectivity index (χ1n) is 3.22. The molecule has 12 heavy (non-hydrogen) atoms. The molecule has 0 radical (unpaired) electrons. The number of halogens is 3. The Morgan fingerprint density at radius 2 is 2.17 bits per heavy atom. The summed E-state index contributed by atoms with van der Waals surface area (Å²) in [6, 6.07) is 4.99. The van der Waals surface area contributed by atoms with Gasteiger partial charge in [-0.15, -0.1) is 11.3 Å². The highest BCUT2D eigenvalue weighted by atomic mass is 127. The molecular weight excluding hydrogens is 310 g/mol. The fourth-order valence-corrected chi connectivity index (χ4v) is 3.22. The summed E-state index contributed by atoms with van der Waals surface area (Å²) in [4.78, 5) is 0. The Hall–Kier alpha value is 0.130. The van der Waals surface area contributed by atoms with Crippen molar-refractivity contribution in [2.75, 3.05) is 0 Å². The van der Waals surface area contributed by atoms with Crippen LogP contribution in [0.15, 0.2) is 18.2 Å². The molecule has 1 aromatic carbocycles. The smallest absolute Gasteiger partial charge is 0.133 e. The number of thiophene rings is 1. The second-order valence-electron chi connectivity index (χ2n) is 2.30. The Kier molecular flexibility index (Phi) is 2.27. The van der Waals surface area contributed by atoms with Crippen molar-refractivity contribution in [3.63, 3.8) is 0 Å². The molecule has 0 amide bonds. The number of fused-ring (bicyclic) bond motifs is 1. The quantitative estimate of drug-likeness (QED) is 0.636. The maximum Gasteiger partial charge on any atom is 0.133 e. The van der Waals surface area contributed by atoms with Gasteiger partial charge in [-0.1, -0.05) is 17.7 Å². The minimum atomic E-state index is -0.239. The molecule has 0 aliphatic carbocycles. The van der Waals surface area contributed by atoms with Gasteiger partial charge in [0.05, 0.1) is 7.91 Å². The molecule has 2 rings (SSSR count). The zero-order valence-corrected chi connectivity index (χ0v) is 9.50. The van der Waals surface area contributed by atoms with Crippen molar-refractivity contribution in [3.05, 3.63) is 31.9 Å². The number of hydrogen-bond acceptors (Lipinski definition) is 1. The molecule has 62 valence electrons. The Morgan fingerprint density at radius 3 is 2.83 bits per heavy atom. The van der Waals surface area contributed by atoms with E-state index in [9.17, 15) is 4.39 Å². The fraction of sp³-hybridized carbons (Fsp3) is 0. The van der Waals surface area contributed by atoms with E-state index in [2.05, 4.69) is 22.6 Å². The lowest BCUT2D eigenvalue weighted by atomic mass is 10.2. The van der Waals surface area contributed by atoms with Crippen LogP contribution < -0.4 is 0 Å². The van der Waals surface area contributed by atoms with E-state index in [4.69, 9.17) is 11.6 Å². The summed E-state index contributed by atoms with van der Waals surface area (Å²) >= 11 is 9.53. The molecule has 0 bridgehead atoms. The monoisotopic (exact) mass is 312 g/mol. The number of rotatable bonds is 0. The van der Waals surface area contributed by atoms with Crippen LogP contribution >= 0.6 is 45.5 Å². The van der Waals surface area contributed by atoms with Crippen molar-refractivity contribution in [1.82, 2.24) is 0 Å². The van der Waals surface area contributed by atoms with Crippen molar-refractivity contribution in [2.24, 2.45) is 0 Å². The molecule has 0 aliphatic heterocycles. The average molecular weight is 313 g/mol. The predicted octanol–water partition coefficient (Wildman–Crippen LogP) is 4.30. The van der Waals surface area contributed by atoms with Crippen molar-refractivity contribution in [3.8, 4) is 0 Å². The summed E-state index contributed by atoms with van der Waals surface area (Å²) in [6.45, 7) is 0. The summed E-state index contributed by atoms with van der Waals surface area (Å²) in [7, 11) is 0. The Labute approximate surface area is 91.5 Å². The molecule has 1 aromatic heterocycles. The predicted molar refractivity (Wildman–Crippen MR) is 59.5 cm³/mol. The van der Waals surface area contributed by atoms with Crippen LogP contribution in [0.1, 0.15) is 0 Å². The highest BCUT2D eigenvalue weighted by Gasteiger charge is 2.10. The Balaban J connectivity index is 2.97. The van der Waals surface area contributed by atoms with Crippen LogP contribution in [0.25, 0.3) is 10.1 Å². The highest BCUT2D eigenvalue weighted by Crippen LogP contribution is 2.37. The first-order chi connectivity index (χ1) is 5.70. The van der Waals surface area contributed by atoms with Gasteiger partial charge in [0.1, 0.15) is 5.82 Å². The van der Waals surface area contributed by atoms with Crippen LogP contribution in [0.2, 0.25) is 5.02 Å². The topological polar surface area (TPSA) is 0 Å². The molecule has 0 spiro atoms. The van der Waals surface area contributed by atoms with Crippen molar-refractivity contribution in [2.45, 2.75) is 0 Å². The number of benzene rings is 1. The molecule has 0 N–H and O–H groups in total. The molecule has 1 heterocycles. The first-order valence-corrected chi connectivity index (χ1v) is 5.49. The summed E-state index contributed by atoms with van der Waals surface area (Å²) in [6.07, 6.45) is 0. The van der Waals surface area contributed by atoms with Crippen LogP contribution in [0.3, 0.4) is 0 Å². The summed E-state index contributed by atoms with van der Waals surface area (Å²) < 4.78 is 15.0. The van der Waals surface area contributed by atoms with Gasteiger partial charge in [-0.2, -0.15) is 0 Å². The van der Waals surface area contributed by atoms with E-state index in [-0.39, 0.29) is 5.82 Å². The molecule has 0 aliphatic rings. The van der Waals surface area contributed by atoms with Gasteiger partial charge in [0.25, 0.3) is 0 Å². The van der Waals surface area contributed by atoms with E-state index < -0.39 is 0 Å². The van der Waals surface area contributed by atoms with Gasteiger partial charge in [-0.05, 0) is 34.7 Å². The summed E-state index contributed by atoms with van der Waals surface area (Å²) in [5.41, 5.74) is 0. The Bertz CT molecular complexity index is 438. The molecule has 2 aromatic rings. The second kappa shape index (κ2) is 3.12. The van der Waals surface area contributed by atoms with Crippen LogP contribution in [0.5, 0.6) is 0 Å². The molecular formula is C8H3ClFIS. The van der Waals surface area contributed by atoms with Gasteiger partial charge in [-0.3, -0.25) is 0 Å². The third-order valence-electron chi connectivity index (χ3n) is 1.57. The number of hydrogen-bond donors (Lipinski definition) is 0. The van der Waals surface area contributed by atoms with Gasteiger partial charge in [0.2, 0.25) is 0 Å². The van der Waals surface area contributed by atoms with Crippen LogP contribution in [0, 0.1) is 8.70 Å². The van der Waals surface area contributed by atoms with E-state index in [1.807, 2.05) is 6.07 Å². The van der Waals surface area contributed by atoms with E-state index in [0.717, 1.165) is 7.58 Å². The average Bonchev–Trinajstić information content (AvgIpc) is 2.29. The van der Waals surface area contributed by atoms with Gasteiger partial charge in [-0.25, -0.2) is 4.39 Å². The summed E-state index contributed by atoms with van der Waals surface area (Å²) in [5, 5.41) is 1.09.